The van der Waals surface area contributed by atoms with Gasteiger partial charge in [0.15, 0.2) is 6.61 Å². The van der Waals surface area contributed by atoms with E-state index in [0.29, 0.717) is 12.8 Å². The quantitative estimate of drug-likeness (QED) is 0.562. The lowest BCUT2D eigenvalue weighted by Gasteiger charge is -2.31. The van der Waals surface area contributed by atoms with Gasteiger partial charge < -0.3 is 15.4 Å². The molecule has 0 bridgehead atoms. The van der Waals surface area contributed by atoms with Crippen LogP contribution in [0.15, 0.2) is 0 Å². The molecule has 132 valence electrons. The molecule has 0 aromatic carbocycles. The van der Waals surface area contributed by atoms with Gasteiger partial charge in [0.2, 0.25) is 5.91 Å². The molecule has 0 aliphatic heterocycles. The van der Waals surface area contributed by atoms with E-state index in [4.69, 9.17) is 4.74 Å². The highest BCUT2D eigenvalue weighted by Crippen LogP contribution is 2.41. The van der Waals surface area contributed by atoms with Crippen LogP contribution in [0.1, 0.15) is 32.6 Å². The summed E-state index contributed by atoms with van der Waals surface area (Å²) in [5, 5.41) is 4.84. The molecule has 0 heterocycles. The second kappa shape index (κ2) is 8.73. The SMILES string of the molecule is CC(=O)NCCNC(=O)COC(=O)[C@@H]1CCCC[C@H]1C(F)(F)F. The van der Waals surface area contributed by atoms with Crippen molar-refractivity contribution in [1.82, 2.24) is 10.6 Å². The first-order valence-corrected chi connectivity index (χ1v) is 7.46. The van der Waals surface area contributed by atoms with Gasteiger partial charge >= 0.3 is 12.1 Å². The van der Waals surface area contributed by atoms with Gasteiger partial charge in [0, 0.05) is 20.0 Å². The highest BCUT2D eigenvalue weighted by atomic mass is 19.4. The Morgan fingerprint density at radius 2 is 1.70 bits per heavy atom. The Hall–Kier alpha value is -1.80. The first kappa shape index (κ1) is 19.2. The van der Waals surface area contributed by atoms with Crippen molar-refractivity contribution in [2.45, 2.75) is 38.8 Å². The second-order valence-corrected chi connectivity index (χ2v) is 5.48. The van der Waals surface area contributed by atoms with E-state index in [1.165, 1.54) is 6.92 Å². The Morgan fingerprint density at radius 3 is 2.30 bits per heavy atom. The second-order valence-electron chi connectivity index (χ2n) is 5.48. The fraction of sp³-hybridized carbons (Fsp3) is 0.786. The maximum atomic E-state index is 12.9. The molecule has 0 unspecified atom stereocenters. The van der Waals surface area contributed by atoms with Crippen LogP contribution in [0.3, 0.4) is 0 Å². The molecule has 1 aliphatic rings. The largest absolute Gasteiger partial charge is 0.455 e. The van der Waals surface area contributed by atoms with E-state index in [-0.39, 0.29) is 31.8 Å². The minimum absolute atomic E-state index is 0.0911. The molecule has 0 aromatic heterocycles. The first-order chi connectivity index (χ1) is 10.7. The maximum absolute atomic E-state index is 12.9. The number of nitrogens with one attached hydrogen (secondary N) is 2. The molecule has 23 heavy (non-hydrogen) atoms. The van der Waals surface area contributed by atoms with Gasteiger partial charge in [0.1, 0.15) is 0 Å². The fourth-order valence-corrected chi connectivity index (χ4v) is 2.54. The van der Waals surface area contributed by atoms with Crippen LogP contribution in [0.4, 0.5) is 13.2 Å². The Bertz CT molecular complexity index is 440. The van der Waals surface area contributed by atoms with E-state index < -0.39 is 36.5 Å². The van der Waals surface area contributed by atoms with Crippen molar-refractivity contribution in [2.24, 2.45) is 11.8 Å². The third-order valence-corrected chi connectivity index (χ3v) is 3.66. The van der Waals surface area contributed by atoms with Crippen molar-refractivity contribution in [1.29, 1.82) is 0 Å². The van der Waals surface area contributed by atoms with Crippen molar-refractivity contribution >= 4 is 17.8 Å². The summed E-state index contributed by atoms with van der Waals surface area (Å²) in [5.74, 6) is -4.80. The molecule has 0 aromatic rings. The molecule has 9 heteroatoms. The van der Waals surface area contributed by atoms with E-state index in [2.05, 4.69) is 10.6 Å². The molecule has 0 saturated heterocycles. The van der Waals surface area contributed by atoms with Crippen LogP contribution in [0.25, 0.3) is 0 Å². The number of ether oxygens (including phenoxy) is 1. The van der Waals surface area contributed by atoms with Crippen molar-refractivity contribution in [3.05, 3.63) is 0 Å². The molecule has 1 saturated carbocycles. The molecule has 6 nitrogen and oxygen atoms in total. The van der Waals surface area contributed by atoms with Crippen molar-refractivity contribution < 1.29 is 32.3 Å². The summed E-state index contributed by atoms with van der Waals surface area (Å²) in [6.07, 6.45) is -3.45. The third kappa shape index (κ3) is 6.87. The van der Waals surface area contributed by atoms with E-state index in [1.807, 2.05) is 0 Å². The summed E-state index contributed by atoms with van der Waals surface area (Å²) >= 11 is 0. The molecule has 2 N–H and O–H groups in total. The lowest BCUT2D eigenvalue weighted by Crippen LogP contribution is -2.40. The number of hydrogen-bond donors (Lipinski definition) is 2. The predicted octanol–water partition coefficient (Wildman–Crippen LogP) is 1.15. The van der Waals surface area contributed by atoms with E-state index in [9.17, 15) is 27.6 Å². The van der Waals surface area contributed by atoms with Crippen molar-refractivity contribution in [3.8, 4) is 0 Å². The van der Waals surface area contributed by atoms with Crippen LogP contribution in [0.2, 0.25) is 0 Å². The molecular formula is C14H21F3N2O4. The van der Waals surface area contributed by atoms with Gasteiger partial charge in [-0.2, -0.15) is 13.2 Å². The van der Waals surface area contributed by atoms with E-state index >= 15 is 0 Å². The predicted molar refractivity (Wildman–Crippen MR) is 74.2 cm³/mol. The van der Waals surface area contributed by atoms with Gasteiger partial charge in [0.05, 0.1) is 11.8 Å². The highest BCUT2D eigenvalue weighted by molar-refractivity contribution is 5.81. The zero-order valence-electron chi connectivity index (χ0n) is 12.9. The third-order valence-electron chi connectivity index (χ3n) is 3.66. The molecule has 1 rings (SSSR count). The number of carbonyl (C=O) groups is 3. The van der Waals surface area contributed by atoms with Gasteiger partial charge in [-0.3, -0.25) is 14.4 Å². The summed E-state index contributed by atoms with van der Waals surface area (Å²) in [5.41, 5.74) is 0. The monoisotopic (exact) mass is 338 g/mol. The standard InChI is InChI=1S/C14H21F3N2O4/c1-9(20)18-6-7-19-12(21)8-23-13(22)10-4-2-3-5-11(10)14(15,16)17/h10-11H,2-8H2,1H3,(H,18,20)(H,19,21)/t10-,11-/m1/s1. The molecule has 1 fully saturated rings. The molecule has 1 aliphatic carbocycles. The first-order valence-electron chi connectivity index (χ1n) is 7.46. The summed E-state index contributed by atoms with van der Waals surface area (Å²) in [6, 6.07) is 0. The van der Waals surface area contributed by atoms with Gasteiger partial charge in [-0.1, -0.05) is 12.8 Å². The molecule has 0 radical (unpaired) electrons. The van der Waals surface area contributed by atoms with E-state index in [1.54, 1.807) is 0 Å². The van der Waals surface area contributed by atoms with Gasteiger partial charge in [0.25, 0.3) is 5.91 Å². The summed E-state index contributed by atoms with van der Waals surface area (Å²) < 4.78 is 43.4. The fourth-order valence-electron chi connectivity index (χ4n) is 2.54. The van der Waals surface area contributed by atoms with Crippen molar-refractivity contribution in [2.75, 3.05) is 19.7 Å². The Balaban J connectivity index is 2.36. The average Bonchev–Trinajstić information content (AvgIpc) is 2.48. The summed E-state index contributed by atoms with van der Waals surface area (Å²) in [4.78, 5) is 33.9. The zero-order chi connectivity index (χ0) is 17.5. The number of esters is 1. The molecular weight excluding hydrogens is 317 g/mol. The summed E-state index contributed by atoms with van der Waals surface area (Å²) in [7, 11) is 0. The van der Waals surface area contributed by atoms with Crippen LogP contribution in [0, 0.1) is 11.8 Å². The highest BCUT2D eigenvalue weighted by Gasteiger charge is 2.48. The Kier molecular flexibility index (Phi) is 7.31. The smallest absolute Gasteiger partial charge is 0.392 e. The number of hydrogen-bond acceptors (Lipinski definition) is 4. The Labute approximate surface area is 132 Å². The van der Waals surface area contributed by atoms with Crippen LogP contribution >= 0.6 is 0 Å². The number of amides is 2. The normalized spacial score (nSPS) is 21.4. The lowest BCUT2D eigenvalue weighted by atomic mass is 9.79. The minimum Gasteiger partial charge on any atom is -0.455 e. The lowest BCUT2D eigenvalue weighted by molar-refractivity contribution is -0.205. The van der Waals surface area contributed by atoms with Crippen LogP contribution in [-0.4, -0.2) is 43.7 Å². The number of halogens is 3. The molecule has 0 spiro atoms. The van der Waals surface area contributed by atoms with Gasteiger partial charge in [-0.05, 0) is 12.8 Å². The number of carbonyl (C=O) groups excluding carboxylic acids is 3. The van der Waals surface area contributed by atoms with Crippen LogP contribution in [-0.2, 0) is 19.1 Å². The molecule has 2 amide bonds. The number of alkyl halides is 3. The molecule has 2 atom stereocenters. The topological polar surface area (TPSA) is 84.5 Å². The Morgan fingerprint density at radius 1 is 1.09 bits per heavy atom. The van der Waals surface area contributed by atoms with Gasteiger partial charge in [-0.25, -0.2) is 0 Å². The van der Waals surface area contributed by atoms with E-state index in [0.717, 1.165) is 0 Å². The van der Waals surface area contributed by atoms with Crippen LogP contribution in [0.5, 0.6) is 0 Å². The van der Waals surface area contributed by atoms with Crippen LogP contribution < -0.4 is 10.6 Å². The zero-order valence-corrected chi connectivity index (χ0v) is 12.9. The van der Waals surface area contributed by atoms with Gasteiger partial charge in [-0.15, -0.1) is 0 Å². The number of rotatable bonds is 6. The summed E-state index contributed by atoms with van der Waals surface area (Å²) in [6.45, 7) is 1.06. The maximum Gasteiger partial charge on any atom is 0.392 e. The minimum atomic E-state index is -4.44. The average molecular weight is 338 g/mol. The van der Waals surface area contributed by atoms with Crippen molar-refractivity contribution in [3.63, 3.8) is 0 Å².